The lowest BCUT2D eigenvalue weighted by Crippen LogP contribution is -2.48. The van der Waals surface area contributed by atoms with Gasteiger partial charge in [0.1, 0.15) is 5.82 Å². The number of nitrogens with zero attached hydrogens (tertiary/aromatic N) is 6. The first-order valence-corrected chi connectivity index (χ1v) is 16.0. The summed E-state index contributed by atoms with van der Waals surface area (Å²) in [5.74, 6) is -0.345. The summed E-state index contributed by atoms with van der Waals surface area (Å²) in [5.41, 5.74) is 12.5. The van der Waals surface area contributed by atoms with Crippen molar-refractivity contribution in [3.05, 3.63) is 93.5 Å². The third-order valence-electron chi connectivity index (χ3n) is 9.57. The molecule has 9 heteroatoms. The normalized spacial score (nSPS) is 20.7. The number of rotatable bonds is 8. The highest BCUT2D eigenvalue weighted by Gasteiger charge is 2.30. The Morgan fingerprint density at radius 2 is 1.82 bits per heavy atom. The van der Waals surface area contributed by atoms with Crippen LogP contribution in [0.5, 0.6) is 0 Å². The summed E-state index contributed by atoms with van der Waals surface area (Å²) in [5, 5.41) is 0.467. The van der Waals surface area contributed by atoms with Crippen LogP contribution in [0.25, 0.3) is 10.9 Å². The second-order valence-corrected chi connectivity index (χ2v) is 13.0. The van der Waals surface area contributed by atoms with Crippen LogP contribution in [0, 0.1) is 19.7 Å². The van der Waals surface area contributed by atoms with E-state index in [1.54, 1.807) is 0 Å². The molecular weight excluding hydrogens is 553 g/mol. The molecule has 5 heterocycles. The van der Waals surface area contributed by atoms with Crippen LogP contribution in [0.1, 0.15) is 60.7 Å². The molecule has 1 saturated carbocycles. The summed E-state index contributed by atoms with van der Waals surface area (Å²) >= 11 is 0. The van der Waals surface area contributed by atoms with Crippen molar-refractivity contribution >= 4 is 22.3 Å². The molecule has 0 bridgehead atoms. The molecular formula is C35H42FN7O. The fraction of sp³-hybridized carbons (Fsp3) is 0.457. The Morgan fingerprint density at radius 1 is 0.955 bits per heavy atom. The Kier molecular flexibility index (Phi) is 7.84. The summed E-state index contributed by atoms with van der Waals surface area (Å²) in [6.45, 7) is 8.43. The zero-order valence-corrected chi connectivity index (χ0v) is 25.8. The lowest BCUT2D eigenvalue weighted by molar-refractivity contribution is 0.158. The van der Waals surface area contributed by atoms with E-state index in [-0.39, 0.29) is 23.3 Å². The third kappa shape index (κ3) is 5.95. The highest BCUT2D eigenvalue weighted by atomic mass is 19.1. The van der Waals surface area contributed by atoms with E-state index in [0.29, 0.717) is 36.7 Å². The van der Waals surface area contributed by atoms with E-state index in [2.05, 4.69) is 54.8 Å². The summed E-state index contributed by atoms with van der Waals surface area (Å²) in [6, 6.07) is 12.4. The number of hydrogen-bond donors (Lipinski definition) is 1. The number of hydrogen-bond acceptors (Lipinski definition) is 7. The second-order valence-electron chi connectivity index (χ2n) is 13.0. The van der Waals surface area contributed by atoms with Gasteiger partial charge in [-0.05, 0) is 87.9 Å². The molecule has 3 fully saturated rings. The van der Waals surface area contributed by atoms with Crippen molar-refractivity contribution in [2.75, 3.05) is 36.0 Å². The Morgan fingerprint density at radius 3 is 2.55 bits per heavy atom. The maximum absolute atomic E-state index is 15.6. The molecule has 8 nitrogen and oxygen atoms in total. The molecule has 1 aromatic carbocycles. The zero-order chi connectivity index (χ0) is 30.4. The van der Waals surface area contributed by atoms with Gasteiger partial charge in [0.25, 0.3) is 0 Å². The van der Waals surface area contributed by atoms with E-state index < -0.39 is 0 Å². The van der Waals surface area contributed by atoms with Crippen molar-refractivity contribution in [3.63, 3.8) is 0 Å². The molecule has 4 aromatic rings. The third-order valence-corrected chi connectivity index (χ3v) is 9.57. The number of pyridine rings is 3. The minimum Gasteiger partial charge on any atom is -0.369 e. The van der Waals surface area contributed by atoms with Crippen LogP contribution >= 0.6 is 0 Å². The van der Waals surface area contributed by atoms with Crippen LogP contribution in [0.3, 0.4) is 0 Å². The lowest BCUT2D eigenvalue weighted by Gasteiger charge is -2.40. The minimum absolute atomic E-state index is 0.0475. The van der Waals surface area contributed by atoms with Crippen molar-refractivity contribution in [1.82, 2.24) is 19.4 Å². The molecule has 0 amide bonds. The van der Waals surface area contributed by atoms with Crippen LogP contribution in [0.2, 0.25) is 0 Å². The minimum atomic E-state index is -0.345. The number of piperidine rings is 1. The number of anilines is 2. The average molecular weight is 596 g/mol. The first kappa shape index (κ1) is 28.9. The number of nitrogens with two attached hydrogens (primary N) is 1. The van der Waals surface area contributed by atoms with Crippen LogP contribution in [0.15, 0.2) is 59.8 Å². The van der Waals surface area contributed by atoms with Gasteiger partial charge in [-0.2, -0.15) is 0 Å². The molecule has 44 heavy (non-hydrogen) atoms. The van der Waals surface area contributed by atoms with E-state index in [1.807, 2.05) is 37.2 Å². The van der Waals surface area contributed by atoms with E-state index in [4.69, 9.17) is 5.73 Å². The van der Waals surface area contributed by atoms with Gasteiger partial charge in [-0.25, -0.2) is 4.39 Å². The van der Waals surface area contributed by atoms with E-state index in [0.717, 1.165) is 79.9 Å². The number of aromatic nitrogens is 3. The summed E-state index contributed by atoms with van der Waals surface area (Å²) in [7, 11) is 0. The van der Waals surface area contributed by atoms with Crippen molar-refractivity contribution in [2.24, 2.45) is 5.73 Å². The van der Waals surface area contributed by atoms with Gasteiger partial charge in [0.15, 0.2) is 5.43 Å². The molecule has 2 saturated heterocycles. The number of aryl methyl sites for hydroxylation is 2. The number of benzene rings is 1. The molecule has 3 aliphatic rings. The molecule has 2 aliphatic heterocycles. The monoisotopic (exact) mass is 595 g/mol. The Labute approximate surface area is 258 Å². The van der Waals surface area contributed by atoms with E-state index >= 15 is 4.39 Å². The Hall–Kier alpha value is -3.82. The van der Waals surface area contributed by atoms with E-state index in [9.17, 15) is 4.79 Å². The van der Waals surface area contributed by atoms with Gasteiger partial charge in [0, 0.05) is 92.1 Å². The molecule has 3 aromatic heterocycles. The smallest absolute Gasteiger partial charge is 0.193 e. The first-order chi connectivity index (χ1) is 21.3. The molecule has 0 radical (unpaired) electrons. The van der Waals surface area contributed by atoms with Gasteiger partial charge in [-0.1, -0.05) is 0 Å². The largest absolute Gasteiger partial charge is 0.369 e. The molecule has 2 N–H and O–H groups in total. The maximum atomic E-state index is 15.6. The molecule has 0 spiro atoms. The number of fused-ring (bicyclic) bond motifs is 1. The lowest BCUT2D eigenvalue weighted by atomic mass is 10.0. The molecule has 2 atom stereocenters. The summed E-state index contributed by atoms with van der Waals surface area (Å²) < 4.78 is 17.8. The van der Waals surface area contributed by atoms with Crippen molar-refractivity contribution in [1.29, 1.82) is 0 Å². The van der Waals surface area contributed by atoms with Crippen LogP contribution in [-0.2, 0) is 13.1 Å². The Bertz CT molecular complexity index is 1720. The zero-order valence-electron chi connectivity index (χ0n) is 25.8. The summed E-state index contributed by atoms with van der Waals surface area (Å²) in [4.78, 5) is 30.0. The topological polar surface area (TPSA) is 83.5 Å². The first-order valence-electron chi connectivity index (χ1n) is 16.0. The van der Waals surface area contributed by atoms with Crippen molar-refractivity contribution in [3.8, 4) is 0 Å². The van der Waals surface area contributed by atoms with Crippen LogP contribution in [0.4, 0.5) is 15.8 Å². The van der Waals surface area contributed by atoms with Gasteiger partial charge < -0.3 is 20.1 Å². The standard InChI is InChI=1S/C35H42FN7O/c1-23-5-6-29(17-39-23)40-12-3-4-30(22-40)42(18-25-9-11-38-24(2)14-25)19-26-20-43(28-7-8-28)33-16-34(41-13-10-27(37)21-41)32(36)15-31(33)35(26)44/h5-6,9,11,14-17,20,27-28,30H,3-4,7-8,10,12-13,18-19,21-22,37H2,1-2H3/t27-,30+/m1/s1. The van der Waals surface area contributed by atoms with Gasteiger partial charge in [-0.3, -0.25) is 19.7 Å². The highest BCUT2D eigenvalue weighted by molar-refractivity contribution is 5.84. The number of halogens is 1. The highest BCUT2D eigenvalue weighted by Crippen LogP contribution is 2.38. The van der Waals surface area contributed by atoms with Gasteiger partial charge in [0.05, 0.1) is 23.1 Å². The quantitative estimate of drug-likeness (QED) is 0.304. The van der Waals surface area contributed by atoms with Gasteiger partial charge >= 0.3 is 0 Å². The predicted octanol–water partition coefficient (Wildman–Crippen LogP) is 5.09. The van der Waals surface area contributed by atoms with Crippen LogP contribution < -0.4 is 21.0 Å². The van der Waals surface area contributed by atoms with Gasteiger partial charge in [-0.15, -0.1) is 0 Å². The maximum Gasteiger partial charge on any atom is 0.193 e. The van der Waals surface area contributed by atoms with Crippen molar-refractivity contribution < 1.29 is 4.39 Å². The predicted molar refractivity (Wildman–Crippen MR) is 174 cm³/mol. The molecule has 230 valence electrons. The van der Waals surface area contributed by atoms with Crippen LogP contribution in [-0.4, -0.2) is 57.7 Å². The molecule has 0 unspecified atom stereocenters. The molecule has 1 aliphatic carbocycles. The SMILES string of the molecule is Cc1ccc(N2CCC[C@H](N(Cc3ccnc(C)c3)Cc3cn(C4CC4)c4cc(N5CC[C@@H](N)C5)c(F)cc4c3=O)C2)cn1. The Balaban J connectivity index is 1.25. The second kappa shape index (κ2) is 11.9. The average Bonchev–Trinajstić information content (AvgIpc) is 3.78. The van der Waals surface area contributed by atoms with Gasteiger partial charge in [0.2, 0.25) is 0 Å². The summed E-state index contributed by atoms with van der Waals surface area (Å²) in [6.07, 6.45) is 11.0. The molecule has 7 rings (SSSR count). The van der Waals surface area contributed by atoms with Crippen molar-refractivity contribution in [2.45, 2.75) is 77.2 Å². The van der Waals surface area contributed by atoms with E-state index in [1.165, 1.54) is 11.6 Å². The fourth-order valence-electron chi connectivity index (χ4n) is 7.04. The fourth-order valence-corrected chi connectivity index (χ4v) is 7.04.